The molecule has 0 aliphatic heterocycles. The molecule has 24 heavy (non-hydrogen) atoms. The van der Waals surface area contributed by atoms with Gasteiger partial charge in [0.1, 0.15) is 5.69 Å². The van der Waals surface area contributed by atoms with Crippen LogP contribution in [0, 0.1) is 31.3 Å². The second-order valence-electron chi connectivity index (χ2n) is 5.53. The maximum absolute atomic E-state index is 13.6. The number of carbonyl (C=O) groups is 1. The van der Waals surface area contributed by atoms with Gasteiger partial charge in [-0.05, 0) is 43.2 Å². The molecule has 1 amide bonds. The van der Waals surface area contributed by atoms with Gasteiger partial charge in [0.05, 0.1) is 12.1 Å². The molecule has 0 spiro atoms. The second kappa shape index (κ2) is 5.99. The first-order valence-electron chi connectivity index (χ1n) is 7.15. The fourth-order valence-electron chi connectivity index (χ4n) is 2.61. The summed E-state index contributed by atoms with van der Waals surface area (Å²) in [5.41, 5.74) is 2.40. The van der Waals surface area contributed by atoms with E-state index in [0.717, 1.165) is 23.3 Å². The van der Waals surface area contributed by atoms with E-state index in [2.05, 4.69) is 10.5 Å². The van der Waals surface area contributed by atoms with Gasteiger partial charge < -0.3 is 9.84 Å². The first-order valence-corrected chi connectivity index (χ1v) is 7.15. The number of carbonyl (C=O) groups excluding carboxylic acids is 1. The highest BCUT2D eigenvalue weighted by Gasteiger charge is 2.18. The molecule has 0 saturated carbocycles. The van der Waals surface area contributed by atoms with Gasteiger partial charge in [0.2, 0.25) is 5.91 Å². The summed E-state index contributed by atoms with van der Waals surface area (Å²) in [6.07, 6.45) is -0.185. The molecule has 0 bridgehead atoms. The number of nitrogens with one attached hydrogen (secondary N) is 1. The van der Waals surface area contributed by atoms with Crippen LogP contribution in [-0.4, -0.2) is 11.1 Å². The Hall–Kier alpha value is -2.83. The molecule has 1 N–H and O–H groups in total. The molecule has 0 unspecified atom stereocenters. The number of amides is 1. The van der Waals surface area contributed by atoms with Crippen LogP contribution in [-0.2, 0) is 11.2 Å². The lowest BCUT2D eigenvalue weighted by molar-refractivity contribution is -0.115. The number of anilines is 1. The zero-order valence-corrected chi connectivity index (χ0v) is 12.9. The van der Waals surface area contributed by atoms with E-state index in [4.69, 9.17) is 4.52 Å². The lowest BCUT2D eigenvalue weighted by Gasteiger charge is -2.07. The Kier molecular flexibility index (Phi) is 4.01. The number of halogens is 3. The highest BCUT2D eigenvalue weighted by atomic mass is 19.2. The lowest BCUT2D eigenvalue weighted by atomic mass is 10.0. The molecule has 0 radical (unpaired) electrons. The predicted molar refractivity (Wildman–Crippen MR) is 82.1 cm³/mol. The summed E-state index contributed by atoms with van der Waals surface area (Å²) in [4.78, 5) is 12.1. The van der Waals surface area contributed by atoms with Crippen LogP contribution >= 0.6 is 0 Å². The van der Waals surface area contributed by atoms with Gasteiger partial charge in [0, 0.05) is 5.39 Å². The monoisotopic (exact) mass is 334 g/mol. The SMILES string of the molecule is Cc1cc(C)c2c(CC(=O)Nc3ccc(F)c(F)c3F)noc2c1. The van der Waals surface area contributed by atoms with Gasteiger partial charge in [-0.15, -0.1) is 0 Å². The van der Waals surface area contributed by atoms with E-state index >= 15 is 0 Å². The van der Waals surface area contributed by atoms with Gasteiger partial charge in [-0.25, -0.2) is 13.2 Å². The Morgan fingerprint density at radius 3 is 2.67 bits per heavy atom. The van der Waals surface area contributed by atoms with E-state index in [-0.39, 0.29) is 6.42 Å². The number of benzene rings is 2. The van der Waals surface area contributed by atoms with E-state index in [1.807, 2.05) is 19.9 Å². The molecule has 0 aliphatic rings. The van der Waals surface area contributed by atoms with Gasteiger partial charge in [0.25, 0.3) is 0 Å². The summed E-state index contributed by atoms with van der Waals surface area (Å²) >= 11 is 0. The van der Waals surface area contributed by atoms with Crippen molar-refractivity contribution in [2.45, 2.75) is 20.3 Å². The third kappa shape index (κ3) is 2.84. The molecular formula is C17H13F3N2O2. The van der Waals surface area contributed by atoms with Crippen molar-refractivity contribution in [1.82, 2.24) is 5.16 Å². The van der Waals surface area contributed by atoms with Gasteiger partial charge in [-0.1, -0.05) is 11.2 Å². The second-order valence-corrected chi connectivity index (χ2v) is 5.53. The molecule has 4 nitrogen and oxygen atoms in total. The molecule has 0 fully saturated rings. The molecule has 2 aromatic carbocycles. The standard InChI is InChI=1S/C17H13F3N2O2/c1-8-5-9(2)15-12(22-24-13(15)6-8)7-14(23)21-11-4-3-10(18)16(19)17(11)20/h3-6H,7H2,1-2H3,(H,21,23). The van der Waals surface area contributed by atoms with Crippen LogP contribution in [0.2, 0.25) is 0 Å². The van der Waals surface area contributed by atoms with Gasteiger partial charge in [-0.2, -0.15) is 0 Å². The van der Waals surface area contributed by atoms with Gasteiger partial charge in [0.15, 0.2) is 23.0 Å². The van der Waals surface area contributed by atoms with Crippen molar-refractivity contribution >= 4 is 22.6 Å². The molecule has 1 heterocycles. The fourth-order valence-corrected chi connectivity index (χ4v) is 2.61. The minimum Gasteiger partial charge on any atom is -0.356 e. The molecule has 0 saturated heterocycles. The molecule has 3 rings (SSSR count). The number of hydrogen-bond acceptors (Lipinski definition) is 3. The van der Waals surface area contributed by atoms with Gasteiger partial charge in [-0.3, -0.25) is 4.79 Å². The average Bonchev–Trinajstić information content (AvgIpc) is 2.90. The van der Waals surface area contributed by atoms with Gasteiger partial charge >= 0.3 is 0 Å². The number of aromatic nitrogens is 1. The quantitative estimate of drug-likeness (QED) is 0.736. The largest absolute Gasteiger partial charge is 0.356 e. The predicted octanol–water partition coefficient (Wildman–Crippen LogP) is 4.04. The lowest BCUT2D eigenvalue weighted by Crippen LogP contribution is -2.16. The number of hydrogen-bond donors (Lipinski definition) is 1. The highest BCUT2D eigenvalue weighted by Crippen LogP contribution is 2.25. The Balaban J connectivity index is 1.85. The Morgan fingerprint density at radius 2 is 1.92 bits per heavy atom. The maximum Gasteiger partial charge on any atom is 0.230 e. The summed E-state index contributed by atoms with van der Waals surface area (Å²) in [6.45, 7) is 3.77. The molecular weight excluding hydrogens is 321 g/mol. The Bertz CT molecular complexity index is 951. The zero-order chi connectivity index (χ0) is 17.4. The molecule has 3 aromatic rings. The van der Waals surface area contributed by atoms with Crippen molar-refractivity contribution in [1.29, 1.82) is 0 Å². The minimum absolute atomic E-state index is 0.185. The maximum atomic E-state index is 13.6. The van der Waals surface area contributed by atoms with E-state index in [9.17, 15) is 18.0 Å². The van der Waals surface area contributed by atoms with E-state index < -0.39 is 29.0 Å². The van der Waals surface area contributed by atoms with Crippen molar-refractivity contribution in [2.75, 3.05) is 5.32 Å². The zero-order valence-electron chi connectivity index (χ0n) is 12.9. The van der Waals surface area contributed by atoms with Crippen LogP contribution < -0.4 is 5.32 Å². The first kappa shape index (κ1) is 16.0. The van der Waals surface area contributed by atoms with Crippen LogP contribution in [0.1, 0.15) is 16.8 Å². The Morgan fingerprint density at radius 1 is 1.17 bits per heavy atom. The van der Waals surface area contributed by atoms with Crippen LogP contribution in [0.5, 0.6) is 0 Å². The van der Waals surface area contributed by atoms with Crippen LogP contribution in [0.25, 0.3) is 11.0 Å². The van der Waals surface area contributed by atoms with Crippen molar-refractivity contribution in [2.24, 2.45) is 0 Å². The van der Waals surface area contributed by atoms with Crippen LogP contribution in [0.15, 0.2) is 28.8 Å². The van der Waals surface area contributed by atoms with E-state index in [0.29, 0.717) is 16.7 Å². The number of aryl methyl sites for hydroxylation is 2. The third-order valence-corrected chi connectivity index (χ3v) is 3.62. The molecule has 0 aliphatic carbocycles. The summed E-state index contributed by atoms with van der Waals surface area (Å²) in [6, 6.07) is 5.43. The molecule has 124 valence electrons. The van der Waals surface area contributed by atoms with E-state index in [1.54, 1.807) is 6.07 Å². The normalized spacial score (nSPS) is 11.0. The topological polar surface area (TPSA) is 55.1 Å². The van der Waals surface area contributed by atoms with Crippen molar-refractivity contribution < 1.29 is 22.5 Å². The highest BCUT2D eigenvalue weighted by molar-refractivity contribution is 5.95. The van der Waals surface area contributed by atoms with Crippen molar-refractivity contribution in [3.8, 4) is 0 Å². The number of nitrogens with zero attached hydrogens (tertiary/aromatic N) is 1. The van der Waals surface area contributed by atoms with Crippen molar-refractivity contribution in [3.63, 3.8) is 0 Å². The minimum atomic E-state index is -1.63. The fraction of sp³-hybridized carbons (Fsp3) is 0.176. The first-order chi connectivity index (χ1) is 11.4. The van der Waals surface area contributed by atoms with Crippen LogP contribution in [0.4, 0.5) is 18.9 Å². The summed E-state index contributed by atoms with van der Waals surface area (Å²) in [5.74, 6) is -5.01. The van der Waals surface area contributed by atoms with Crippen molar-refractivity contribution in [3.05, 3.63) is 58.5 Å². The third-order valence-electron chi connectivity index (χ3n) is 3.62. The average molecular weight is 334 g/mol. The summed E-state index contributed by atoms with van der Waals surface area (Å²) in [5, 5.41) is 6.79. The Labute approximate surface area is 135 Å². The number of rotatable bonds is 3. The van der Waals surface area contributed by atoms with E-state index in [1.165, 1.54) is 0 Å². The molecule has 7 heteroatoms. The summed E-state index contributed by atoms with van der Waals surface area (Å²) < 4.78 is 44.9. The smallest absolute Gasteiger partial charge is 0.230 e. The van der Waals surface area contributed by atoms with Crippen LogP contribution in [0.3, 0.4) is 0 Å². The number of fused-ring (bicyclic) bond motifs is 1. The molecule has 1 aromatic heterocycles. The molecule has 0 atom stereocenters. The summed E-state index contributed by atoms with van der Waals surface area (Å²) in [7, 11) is 0.